The van der Waals surface area contributed by atoms with Gasteiger partial charge in [-0.25, -0.2) is 19.2 Å². The zero-order valence-corrected chi connectivity index (χ0v) is 27.1. The third kappa shape index (κ3) is 20.2. The molecular formula is C28H43FN6O15. The van der Waals surface area contributed by atoms with Crippen LogP contribution in [0.3, 0.4) is 0 Å². The number of halogens is 1. The predicted molar refractivity (Wildman–Crippen MR) is 163 cm³/mol. The number of hydrogen-bond acceptors (Lipinski definition) is 12. The summed E-state index contributed by atoms with van der Waals surface area (Å²) < 4.78 is 12.6. The highest BCUT2D eigenvalue weighted by Crippen LogP contribution is 2.07. The third-order valence-electron chi connectivity index (χ3n) is 6.89. The van der Waals surface area contributed by atoms with Crippen LogP contribution in [0.1, 0.15) is 77.6 Å². The van der Waals surface area contributed by atoms with Gasteiger partial charge in [0.2, 0.25) is 29.5 Å². The summed E-state index contributed by atoms with van der Waals surface area (Å²) in [5.41, 5.74) is 1.52. The van der Waals surface area contributed by atoms with Crippen LogP contribution in [0.5, 0.6) is 0 Å². The number of carboxylic acids is 4. The van der Waals surface area contributed by atoms with Crippen LogP contribution in [0, 0.1) is 0 Å². The number of carbonyl (C=O) groups is 10. The largest absolute Gasteiger partial charge is 0.480 e. The van der Waals surface area contributed by atoms with E-state index in [1.807, 2.05) is 0 Å². The molecule has 0 saturated heterocycles. The first-order valence-corrected chi connectivity index (χ1v) is 15.3. The quantitative estimate of drug-likeness (QED) is 0.0238. The summed E-state index contributed by atoms with van der Waals surface area (Å²) in [4.78, 5) is 117. The van der Waals surface area contributed by atoms with Gasteiger partial charge in [-0.05, 0) is 44.9 Å². The summed E-state index contributed by atoms with van der Waals surface area (Å²) in [6.45, 7) is 1.17. The van der Waals surface area contributed by atoms with Crippen LogP contribution in [0.4, 0.5) is 4.39 Å². The Labute approximate surface area is 284 Å². The van der Waals surface area contributed by atoms with Gasteiger partial charge < -0.3 is 52.2 Å². The summed E-state index contributed by atoms with van der Waals surface area (Å²) >= 11 is 0. The fourth-order valence-electron chi connectivity index (χ4n) is 4.19. The molecule has 22 heteroatoms. The van der Waals surface area contributed by atoms with Crippen molar-refractivity contribution >= 4 is 59.5 Å². The molecule has 5 atom stereocenters. The van der Waals surface area contributed by atoms with Gasteiger partial charge in [0.15, 0.2) is 0 Å². The molecule has 5 amide bonds. The van der Waals surface area contributed by atoms with E-state index in [9.17, 15) is 67.7 Å². The Morgan fingerprint density at radius 3 is 1.14 bits per heavy atom. The van der Waals surface area contributed by atoms with Crippen molar-refractivity contribution in [1.29, 1.82) is 0 Å². The maximum Gasteiger partial charge on any atom is 0.326 e. The van der Waals surface area contributed by atoms with Crippen LogP contribution in [0.15, 0.2) is 0 Å². The molecule has 21 nitrogen and oxygen atoms in total. The average molecular weight is 723 g/mol. The Morgan fingerprint density at radius 2 is 0.840 bits per heavy atom. The van der Waals surface area contributed by atoms with Crippen molar-refractivity contribution in [3.8, 4) is 0 Å². The topological polar surface area (TPSA) is 344 Å². The lowest BCUT2D eigenvalue weighted by molar-refractivity contribution is -0.144. The van der Waals surface area contributed by atoms with E-state index in [0.717, 1.165) is 6.92 Å². The Kier molecular flexibility index (Phi) is 21.5. The molecule has 0 aromatic heterocycles. The van der Waals surface area contributed by atoms with Crippen molar-refractivity contribution in [3.05, 3.63) is 0 Å². The highest BCUT2D eigenvalue weighted by Gasteiger charge is 2.27. The molecule has 0 fully saturated rings. The maximum atomic E-state index is 12.6. The Morgan fingerprint density at radius 1 is 0.500 bits per heavy atom. The van der Waals surface area contributed by atoms with Crippen LogP contribution in [0.25, 0.3) is 0 Å². The molecule has 0 heterocycles. The van der Waals surface area contributed by atoms with Crippen molar-refractivity contribution in [2.75, 3.05) is 6.54 Å². The lowest BCUT2D eigenvalue weighted by atomic mass is 10.1. The number of carbonyl (C=O) groups excluding carboxylic acids is 6. The molecule has 0 aliphatic heterocycles. The molecule has 0 bridgehead atoms. The second kappa shape index (κ2) is 24.0. The van der Waals surface area contributed by atoms with Crippen molar-refractivity contribution in [2.45, 2.75) is 108 Å². The molecule has 0 unspecified atom stereocenters. The van der Waals surface area contributed by atoms with E-state index in [2.05, 4.69) is 26.6 Å². The highest BCUT2D eigenvalue weighted by atomic mass is 19.1. The van der Waals surface area contributed by atoms with Gasteiger partial charge in [0, 0.05) is 39.2 Å². The molecule has 0 rings (SSSR count). The molecular weight excluding hydrogens is 679 g/mol. The van der Waals surface area contributed by atoms with Crippen molar-refractivity contribution in [2.24, 2.45) is 0 Å². The molecule has 11 N–H and O–H groups in total. The first kappa shape index (κ1) is 44.8. The van der Waals surface area contributed by atoms with Crippen LogP contribution in [-0.2, 0) is 47.9 Å². The molecule has 0 aromatic carbocycles. The first-order valence-electron chi connectivity index (χ1n) is 15.3. The van der Waals surface area contributed by atoms with E-state index >= 15 is 0 Å². The van der Waals surface area contributed by atoms with E-state index < -0.39 is 122 Å². The van der Waals surface area contributed by atoms with Gasteiger partial charge in [-0.3, -0.25) is 28.8 Å². The van der Waals surface area contributed by atoms with Gasteiger partial charge in [0.25, 0.3) is 0 Å². The highest BCUT2D eigenvalue weighted by molar-refractivity contribution is 5.88. The third-order valence-corrected chi connectivity index (χ3v) is 6.89. The number of hydrogen-bond donors (Lipinski definition) is 11. The SMILES string of the molecule is CC(=O)N[C@@H](CCC(=O)N[C@@H](CCC(=O)N[C@@H](CCC(=O)N[C@@H](CCC(=O)NCCCC[C@H](NO)C(=O)F)C(=O)O)C(=O)O)C(=O)O)C(=O)O. The number of rotatable bonds is 27. The fourth-order valence-corrected chi connectivity index (χ4v) is 4.19. The minimum atomic E-state index is -1.75. The monoisotopic (exact) mass is 722 g/mol. The minimum Gasteiger partial charge on any atom is -0.480 e. The van der Waals surface area contributed by atoms with Gasteiger partial charge in [-0.2, -0.15) is 9.87 Å². The maximum absolute atomic E-state index is 12.6. The molecule has 0 radical (unpaired) electrons. The second-order valence-corrected chi connectivity index (χ2v) is 11.0. The van der Waals surface area contributed by atoms with E-state index in [0.29, 0.717) is 6.42 Å². The molecule has 0 spiro atoms. The Bertz CT molecular complexity index is 1250. The van der Waals surface area contributed by atoms with Crippen molar-refractivity contribution < 1.29 is 78.0 Å². The average Bonchev–Trinajstić information content (AvgIpc) is 3.02. The predicted octanol–water partition coefficient (Wildman–Crippen LogP) is -2.47. The number of aliphatic carboxylic acids is 4. The number of hydroxylamine groups is 1. The molecule has 0 aliphatic carbocycles. The van der Waals surface area contributed by atoms with Crippen LogP contribution < -0.4 is 32.1 Å². The summed E-state index contributed by atoms with van der Waals surface area (Å²) in [6, 6.07) is -9.32. The van der Waals surface area contributed by atoms with Gasteiger partial charge in [0.05, 0.1) is 0 Å². The smallest absolute Gasteiger partial charge is 0.326 e. The van der Waals surface area contributed by atoms with Gasteiger partial charge in [0.1, 0.15) is 30.2 Å². The van der Waals surface area contributed by atoms with Gasteiger partial charge >= 0.3 is 29.9 Å². The van der Waals surface area contributed by atoms with Crippen LogP contribution >= 0.6 is 0 Å². The number of amides is 5. The van der Waals surface area contributed by atoms with Crippen molar-refractivity contribution in [3.63, 3.8) is 0 Å². The lowest BCUT2D eigenvalue weighted by Crippen LogP contribution is -2.45. The van der Waals surface area contributed by atoms with Gasteiger partial charge in [-0.1, -0.05) is 0 Å². The van der Waals surface area contributed by atoms with E-state index in [-0.39, 0.29) is 38.6 Å². The van der Waals surface area contributed by atoms with E-state index in [4.69, 9.17) is 10.3 Å². The molecule has 0 saturated carbocycles. The van der Waals surface area contributed by atoms with E-state index in [1.54, 1.807) is 0 Å². The zero-order chi connectivity index (χ0) is 38.4. The molecule has 50 heavy (non-hydrogen) atoms. The number of unbranched alkanes of at least 4 members (excludes halogenated alkanes) is 1. The fraction of sp³-hybridized carbons (Fsp3) is 0.643. The molecule has 282 valence electrons. The molecule has 0 aliphatic rings. The van der Waals surface area contributed by atoms with Crippen LogP contribution in [0.2, 0.25) is 0 Å². The lowest BCUT2D eigenvalue weighted by Gasteiger charge is -2.18. The first-order chi connectivity index (χ1) is 23.4. The van der Waals surface area contributed by atoms with Gasteiger partial charge in [-0.15, -0.1) is 0 Å². The zero-order valence-electron chi connectivity index (χ0n) is 27.1. The normalized spacial score (nSPS) is 13.7. The van der Waals surface area contributed by atoms with Crippen molar-refractivity contribution in [1.82, 2.24) is 32.1 Å². The molecule has 0 aromatic rings. The Hall–Kier alpha value is -5.25. The Balaban J connectivity index is 4.79. The minimum absolute atomic E-state index is 0.0327. The van der Waals surface area contributed by atoms with E-state index in [1.165, 1.54) is 5.48 Å². The second-order valence-electron chi connectivity index (χ2n) is 11.0. The summed E-state index contributed by atoms with van der Waals surface area (Å²) in [7, 11) is 0. The summed E-state index contributed by atoms with van der Waals surface area (Å²) in [5.74, 6) is -9.99. The standard InChI is InChI=1S/C28H43FN6O15/c1-14(36)31-16(25(42)43)6-10-21(38)33-18(27(46)47)8-12-23(40)34-19(28(48)49)7-11-22(39)32-17(26(44)45)5-9-20(37)30-13-3-2-4-15(35-50)24(29)41/h15-19,35,50H,2-13H2,1H3,(H,30,37)(H,31,36)(H,32,39)(H,33,38)(H,34,40)(H,42,43)(H,44,45)(H,46,47)(H,48,49)/t15-,16-,17-,18-,19-/m0/s1. The van der Waals surface area contributed by atoms with Crippen LogP contribution in [-0.4, -0.2) is 122 Å². The summed E-state index contributed by atoms with van der Waals surface area (Å²) in [5, 5.41) is 56.9. The number of carboxylic acid groups (broad SMARTS) is 4. The summed E-state index contributed by atoms with van der Waals surface area (Å²) in [6.07, 6.45) is -3.11. The number of nitrogens with one attached hydrogen (secondary N) is 6.